The standard InChI is InChI=1S/C15H23BrN2/c1-3-17-10-13-6-7-14(9-15(13)16)18-8-4-5-12(2)11-18/h6-7,9,12,17H,3-5,8,10-11H2,1-2H3. The maximum absolute atomic E-state index is 3.69. The Kier molecular flexibility index (Phi) is 5.07. The molecule has 2 rings (SSSR count). The molecule has 1 saturated heterocycles. The highest BCUT2D eigenvalue weighted by Gasteiger charge is 2.17. The monoisotopic (exact) mass is 310 g/mol. The molecule has 1 aliphatic rings. The summed E-state index contributed by atoms with van der Waals surface area (Å²) >= 11 is 3.69. The van der Waals surface area contributed by atoms with Gasteiger partial charge in [-0.1, -0.05) is 35.8 Å². The molecule has 18 heavy (non-hydrogen) atoms. The van der Waals surface area contributed by atoms with E-state index in [4.69, 9.17) is 0 Å². The summed E-state index contributed by atoms with van der Waals surface area (Å²) in [5.74, 6) is 0.818. The van der Waals surface area contributed by atoms with Crippen LogP contribution in [0, 0.1) is 5.92 Å². The molecular weight excluding hydrogens is 288 g/mol. The molecule has 0 saturated carbocycles. The number of nitrogens with zero attached hydrogens (tertiary/aromatic N) is 1. The van der Waals surface area contributed by atoms with Gasteiger partial charge in [0.1, 0.15) is 0 Å². The van der Waals surface area contributed by atoms with Gasteiger partial charge in [0.05, 0.1) is 0 Å². The normalized spacial score (nSPS) is 20.2. The van der Waals surface area contributed by atoms with E-state index in [-0.39, 0.29) is 0 Å². The van der Waals surface area contributed by atoms with Gasteiger partial charge in [-0.15, -0.1) is 0 Å². The average Bonchev–Trinajstić information content (AvgIpc) is 2.37. The zero-order valence-electron chi connectivity index (χ0n) is 11.4. The summed E-state index contributed by atoms with van der Waals surface area (Å²) in [6.45, 7) is 8.83. The van der Waals surface area contributed by atoms with E-state index in [9.17, 15) is 0 Å². The van der Waals surface area contributed by atoms with Crippen molar-refractivity contribution in [3.63, 3.8) is 0 Å². The number of piperidine rings is 1. The van der Waals surface area contributed by atoms with Crippen LogP contribution in [0.25, 0.3) is 0 Å². The fourth-order valence-corrected chi connectivity index (χ4v) is 3.07. The number of hydrogen-bond acceptors (Lipinski definition) is 2. The molecule has 1 heterocycles. The molecule has 1 aromatic carbocycles. The van der Waals surface area contributed by atoms with Gasteiger partial charge < -0.3 is 10.2 Å². The molecule has 1 aromatic rings. The largest absolute Gasteiger partial charge is 0.371 e. The highest BCUT2D eigenvalue weighted by molar-refractivity contribution is 9.10. The zero-order valence-corrected chi connectivity index (χ0v) is 13.0. The third-order valence-electron chi connectivity index (χ3n) is 3.62. The molecule has 1 fully saturated rings. The van der Waals surface area contributed by atoms with E-state index < -0.39 is 0 Å². The van der Waals surface area contributed by atoms with Crippen molar-refractivity contribution in [2.45, 2.75) is 33.2 Å². The molecule has 2 nitrogen and oxygen atoms in total. The van der Waals surface area contributed by atoms with E-state index in [1.54, 1.807) is 0 Å². The minimum atomic E-state index is 0.818. The maximum atomic E-state index is 3.69. The number of anilines is 1. The first-order valence-electron chi connectivity index (χ1n) is 6.94. The molecule has 0 aromatic heterocycles. The van der Waals surface area contributed by atoms with E-state index in [1.807, 2.05) is 0 Å². The molecule has 1 N–H and O–H groups in total. The minimum Gasteiger partial charge on any atom is -0.371 e. The predicted octanol–water partition coefficient (Wildman–Crippen LogP) is 3.79. The molecule has 1 aliphatic heterocycles. The Balaban J connectivity index is 2.07. The fraction of sp³-hybridized carbons (Fsp3) is 0.600. The predicted molar refractivity (Wildman–Crippen MR) is 82.1 cm³/mol. The number of nitrogens with one attached hydrogen (secondary N) is 1. The molecule has 3 heteroatoms. The van der Waals surface area contributed by atoms with Crippen molar-refractivity contribution in [3.05, 3.63) is 28.2 Å². The quantitative estimate of drug-likeness (QED) is 0.910. The fourth-order valence-electron chi connectivity index (χ4n) is 2.56. The number of halogens is 1. The van der Waals surface area contributed by atoms with Crippen molar-refractivity contribution in [3.8, 4) is 0 Å². The Bertz CT molecular complexity index is 392. The van der Waals surface area contributed by atoms with Crippen LogP contribution in [-0.4, -0.2) is 19.6 Å². The van der Waals surface area contributed by atoms with E-state index in [0.29, 0.717) is 0 Å². The topological polar surface area (TPSA) is 15.3 Å². The third kappa shape index (κ3) is 3.48. The highest BCUT2D eigenvalue weighted by Crippen LogP contribution is 2.27. The smallest absolute Gasteiger partial charge is 0.0377 e. The first-order valence-corrected chi connectivity index (χ1v) is 7.74. The van der Waals surface area contributed by atoms with Crippen LogP contribution in [0.5, 0.6) is 0 Å². The Morgan fingerprint density at radius 3 is 2.94 bits per heavy atom. The second-order valence-electron chi connectivity index (χ2n) is 5.25. The van der Waals surface area contributed by atoms with E-state index in [1.165, 1.54) is 41.7 Å². The van der Waals surface area contributed by atoms with Crippen molar-refractivity contribution in [1.29, 1.82) is 0 Å². The van der Waals surface area contributed by atoms with Crippen molar-refractivity contribution in [2.24, 2.45) is 5.92 Å². The Labute approximate surface area is 119 Å². The van der Waals surface area contributed by atoms with E-state index in [0.717, 1.165) is 19.0 Å². The summed E-state index contributed by atoms with van der Waals surface area (Å²) < 4.78 is 1.22. The lowest BCUT2D eigenvalue weighted by molar-refractivity contribution is 0.447. The number of benzene rings is 1. The van der Waals surface area contributed by atoms with Crippen LogP contribution in [0.15, 0.2) is 22.7 Å². The van der Waals surface area contributed by atoms with Gasteiger partial charge in [0.15, 0.2) is 0 Å². The van der Waals surface area contributed by atoms with Crippen LogP contribution < -0.4 is 10.2 Å². The molecule has 0 aliphatic carbocycles. The summed E-state index contributed by atoms with van der Waals surface area (Å²) in [4.78, 5) is 2.51. The first kappa shape index (κ1) is 13.9. The molecule has 0 radical (unpaired) electrons. The van der Waals surface area contributed by atoms with E-state index in [2.05, 4.69) is 58.2 Å². The Morgan fingerprint density at radius 2 is 2.28 bits per heavy atom. The van der Waals surface area contributed by atoms with Crippen molar-refractivity contribution in [2.75, 3.05) is 24.5 Å². The maximum Gasteiger partial charge on any atom is 0.0377 e. The number of hydrogen-bond donors (Lipinski definition) is 1. The Hall–Kier alpha value is -0.540. The second-order valence-corrected chi connectivity index (χ2v) is 6.10. The van der Waals surface area contributed by atoms with E-state index >= 15 is 0 Å². The van der Waals surface area contributed by atoms with Crippen LogP contribution in [0.3, 0.4) is 0 Å². The molecular formula is C15H23BrN2. The Morgan fingerprint density at radius 1 is 1.44 bits per heavy atom. The van der Waals surface area contributed by atoms with Crippen LogP contribution in [0.1, 0.15) is 32.3 Å². The van der Waals surface area contributed by atoms with Gasteiger partial charge in [-0.2, -0.15) is 0 Å². The molecule has 100 valence electrons. The van der Waals surface area contributed by atoms with Gasteiger partial charge in [-0.25, -0.2) is 0 Å². The molecule has 1 atom stereocenters. The SMILES string of the molecule is CCNCc1ccc(N2CCCC(C)C2)cc1Br. The summed E-state index contributed by atoms with van der Waals surface area (Å²) in [7, 11) is 0. The molecule has 0 amide bonds. The first-order chi connectivity index (χ1) is 8.70. The van der Waals surface area contributed by atoms with Crippen molar-refractivity contribution >= 4 is 21.6 Å². The second kappa shape index (κ2) is 6.58. The lowest BCUT2D eigenvalue weighted by atomic mass is 9.99. The van der Waals surface area contributed by atoms with Gasteiger partial charge in [-0.05, 0) is 43.0 Å². The summed E-state index contributed by atoms with van der Waals surface area (Å²) in [6.07, 6.45) is 2.69. The van der Waals surface area contributed by atoms with Crippen molar-refractivity contribution in [1.82, 2.24) is 5.32 Å². The van der Waals surface area contributed by atoms with Crippen LogP contribution in [-0.2, 0) is 6.54 Å². The zero-order chi connectivity index (χ0) is 13.0. The third-order valence-corrected chi connectivity index (χ3v) is 4.36. The average molecular weight is 311 g/mol. The summed E-state index contributed by atoms with van der Waals surface area (Å²) in [5.41, 5.74) is 2.69. The lowest BCUT2D eigenvalue weighted by Gasteiger charge is -2.33. The lowest BCUT2D eigenvalue weighted by Crippen LogP contribution is -2.34. The van der Waals surface area contributed by atoms with Crippen LogP contribution in [0.2, 0.25) is 0 Å². The van der Waals surface area contributed by atoms with Crippen molar-refractivity contribution < 1.29 is 0 Å². The minimum absolute atomic E-state index is 0.818. The summed E-state index contributed by atoms with van der Waals surface area (Å²) in [6, 6.07) is 6.77. The highest BCUT2D eigenvalue weighted by atomic mass is 79.9. The van der Waals surface area contributed by atoms with Gasteiger partial charge in [0, 0.05) is 29.8 Å². The van der Waals surface area contributed by atoms with Gasteiger partial charge in [0.25, 0.3) is 0 Å². The summed E-state index contributed by atoms with van der Waals surface area (Å²) in [5, 5.41) is 3.37. The molecule has 0 spiro atoms. The van der Waals surface area contributed by atoms with Gasteiger partial charge in [0.2, 0.25) is 0 Å². The molecule has 0 bridgehead atoms. The van der Waals surface area contributed by atoms with Gasteiger partial charge in [-0.3, -0.25) is 0 Å². The van der Waals surface area contributed by atoms with Gasteiger partial charge >= 0.3 is 0 Å². The van der Waals surface area contributed by atoms with Crippen LogP contribution >= 0.6 is 15.9 Å². The van der Waals surface area contributed by atoms with Crippen LogP contribution in [0.4, 0.5) is 5.69 Å². The molecule has 1 unspecified atom stereocenters. The number of rotatable bonds is 4.